The molecule has 6 nitrogen and oxygen atoms in total. The maximum absolute atomic E-state index is 11.2. The Hall–Kier alpha value is -2.11. The summed E-state index contributed by atoms with van der Waals surface area (Å²) in [6, 6.07) is 3.53. The topological polar surface area (TPSA) is 91.3 Å². The van der Waals surface area contributed by atoms with Crippen LogP contribution in [-0.2, 0) is 11.2 Å². The van der Waals surface area contributed by atoms with Gasteiger partial charge in [0.2, 0.25) is 0 Å². The van der Waals surface area contributed by atoms with E-state index in [-0.39, 0.29) is 19.0 Å². The van der Waals surface area contributed by atoms with E-state index in [0.29, 0.717) is 13.0 Å². The van der Waals surface area contributed by atoms with Gasteiger partial charge in [-0.1, -0.05) is 6.07 Å². The van der Waals surface area contributed by atoms with E-state index in [9.17, 15) is 9.59 Å². The number of hydrogen-bond donors (Lipinski definition) is 3. The molecule has 0 fully saturated rings. The van der Waals surface area contributed by atoms with Gasteiger partial charge in [-0.05, 0) is 18.6 Å². The largest absolute Gasteiger partial charge is 0.481 e. The van der Waals surface area contributed by atoms with Gasteiger partial charge in [-0.3, -0.25) is 9.78 Å². The predicted molar refractivity (Wildman–Crippen MR) is 66.3 cm³/mol. The van der Waals surface area contributed by atoms with Crippen molar-refractivity contribution in [2.24, 2.45) is 0 Å². The fraction of sp³-hybridized carbons (Fsp3) is 0.417. The van der Waals surface area contributed by atoms with Crippen LogP contribution in [0.1, 0.15) is 17.7 Å². The lowest BCUT2D eigenvalue weighted by Gasteiger charge is -2.06. The Morgan fingerprint density at radius 3 is 2.61 bits per heavy atom. The molecule has 0 aliphatic rings. The van der Waals surface area contributed by atoms with Crippen LogP contribution < -0.4 is 10.6 Å². The van der Waals surface area contributed by atoms with Crippen molar-refractivity contribution in [3.63, 3.8) is 0 Å². The number of rotatable bonds is 6. The maximum Gasteiger partial charge on any atom is 0.314 e. The molecule has 0 radical (unpaired) electrons. The molecule has 98 valence electrons. The van der Waals surface area contributed by atoms with E-state index in [1.54, 1.807) is 6.20 Å². The van der Waals surface area contributed by atoms with Crippen molar-refractivity contribution in [3.05, 3.63) is 29.6 Å². The van der Waals surface area contributed by atoms with Crippen molar-refractivity contribution in [3.8, 4) is 0 Å². The molecule has 0 spiro atoms. The molecule has 0 unspecified atom stereocenters. The molecule has 0 saturated carbocycles. The lowest BCUT2D eigenvalue weighted by Crippen LogP contribution is -2.37. The number of amides is 2. The van der Waals surface area contributed by atoms with Crippen molar-refractivity contribution >= 4 is 12.0 Å². The number of nitrogens with one attached hydrogen (secondary N) is 2. The number of carbonyl (C=O) groups is 2. The second-order valence-electron chi connectivity index (χ2n) is 3.90. The lowest BCUT2D eigenvalue weighted by atomic mass is 10.2. The average molecular weight is 251 g/mol. The quantitative estimate of drug-likeness (QED) is 0.694. The molecular weight excluding hydrogens is 234 g/mol. The van der Waals surface area contributed by atoms with Gasteiger partial charge < -0.3 is 15.7 Å². The first-order valence-electron chi connectivity index (χ1n) is 5.73. The molecule has 0 saturated heterocycles. The Labute approximate surface area is 105 Å². The molecule has 0 aliphatic carbocycles. The Bertz CT molecular complexity index is 404. The third kappa shape index (κ3) is 5.83. The number of urea groups is 1. The highest BCUT2D eigenvalue weighted by atomic mass is 16.4. The van der Waals surface area contributed by atoms with Crippen LogP contribution in [0.2, 0.25) is 0 Å². The van der Waals surface area contributed by atoms with Crippen LogP contribution in [0.15, 0.2) is 18.3 Å². The van der Waals surface area contributed by atoms with E-state index in [1.807, 2.05) is 19.1 Å². The van der Waals surface area contributed by atoms with E-state index < -0.39 is 5.97 Å². The summed E-state index contributed by atoms with van der Waals surface area (Å²) >= 11 is 0. The summed E-state index contributed by atoms with van der Waals surface area (Å²) in [5.74, 6) is -0.931. The minimum Gasteiger partial charge on any atom is -0.481 e. The minimum atomic E-state index is -0.931. The highest BCUT2D eigenvalue weighted by Crippen LogP contribution is 1.98. The van der Waals surface area contributed by atoms with E-state index in [4.69, 9.17) is 5.11 Å². The van der Waals surface area contributed by atoms with Gasteiger partial charge in [-0.15, -0.1) is 0 Å². The molecule has 0 bridgehead atoms. The maximum atomic E-state index is 11.2. The van der Waals surface area contributed by atoms with Gasteiger partial charge in [0.05, 0.1) is 6.42 Å². The monoisotopic (exact) mass is 251 g/mol. The van der Waals surface area contributed by atoms with Gasteiger partial charge in [0.1, 0.15) is 0 Å². The van der Waals surface area contributed by atoms with Crippen molar-refractivity contribution in [2.45, 2.75) is 19.8 Å². The second kappa shape index (κ2) is 7.26. The molecule has 3 N–H and O–H groups in total. The molecule has 0 aromatic carbocycles. The second-order valence-corrected chi connectivity index (χ2v) is 3.90. The highest BCUT2D eigenvalue weighted by Gasteiger charge is 2.01. The zero-order valence-electron chi connectivity index (χ0n) is 10.3. The van der Waals surface area contributed by atoms with Crippen LogP contribution in [0.3, 0.4) is 0 Å². The van der Waals surface area contributed by atoms with Crippen LogP contribution in [0.5, 0.6) is 0 Å². The Balaban J connectivity index is 2.15. The normalized spacial score (nSPS) is 9.83. The fourth-order valence-corrected chi connectivity index (χ4v) is 1.30. The summed E-state index contributed by atoms with van der Waals surface area (Å²) in [5.41, 5.74) is 2.00. The molecule has 6 heteroatoms. The SMILES string of the molecule is Cc1ccc(CCNC(=O)NCCC(=O)O)nc1. The van der Waals surface area contributed by atoms with Gasteiger partial charge >= 0.3 is 12.0 Å². The highest BCUT2D eigenvalue weighted by molar-refractivity contribution is 5.74. The molecule has 1 aromatic rings. The van der Waals surface area contributed by atoms with E-state index >= 15 is 0 Å². The first-order chi connectivity index (χ1) is 8.58. The first kappa shape index (κ1) is 14.0. The smallest absolute Gasteiger partial charge is 0.314 e. The summed E-state index contributed by atoms with van der Waals surface area (Å²) in [4.78, 5) is 25.7. The van der Waals surface area contributed by atoms with Crippen molar-refractivity contribution in [1.29, 1.82) is 0 Å². The molecule has 2 amide bonds. The fourth-order valence-electron chi connectivity index (χ4n) is 1.30. The molecule has 1 aromatic heterocycles. The number of aryl methyl sites for hydroxylation is 1. The molecule has 1 heterocycles. The lowest BCUT2D eigenvalue weighted by molar-refractivity contribution is -0.136. The summed E-state index contributed by atoms with van der Waals surface area (Å²) in [7, 11) is 0. The molecular formula is C12H17N3O3. The van der Waals surface area contributed by atoms with Crippen molar-refractivity contribution < 1.29 is 14.7 Å². The molecule has 0 atom stereocenters. The van der Waals surface area contributed by atoms with E-state index in [0.717, 1.165) is 11.3 Å². The Kier molecular flexibility index (Phi) is 5.63. The zero-order valence-corrected chi connectivity index (χ0v) is 10.3. The van der Waals surface area contributed by atoms with E-state index in [1.165, 1.54) is 0 Å². The van der Waals surface area contributed by atoms with Crippen LogP contribution >= 0.6 is 0 Å². The Morgan fingerprint density at radius 2 is 2.00 bits per heavy atom. The number of carboxylic acid groups (broad SMARTS) is 1. The summed E-state index contributed by atoms with van der Waals surface area (Å²) in [5, 5.41) is 13.5. The third-order valence-electron chi connectivity index (χ3n) is 2.26. The summed E-state index contributed by atoms with van der Waals surface area (Å²) < 4.78 is 0. The Morgan fingerprint density at radius 1 is 1.28 bits per heavy atom. The number of aliphatic carboxylic acids is 1. The van der Waals surface area contributed by atoms with Crippen molar-refractivity contribution in [2.75, 3.05) is 13.1 Å². The number of carboxylic acids is 1. The van der Waals surface area contributed by atoms with Crippen LogP contribution in [0.25, 0.3) is 0 Å². The first-order valence-corrected chi connectivity index (χ1v) is 5.73. The van der Waals surface area contributed by atoms with E-state index in [2.05, 4.69) is 15.6 Å². The predicted octanol–water partition coefficient (Wildman–Crippen LogP) is 0.706. The van der Waals surface area contributed by atoms with Gasteiger partial charge in [0.25, 0.3) is 0 Å². The summed E-state index contributed by atoms with van der Waals surface area (Å²) in [6.45, 7) is 2.56. The van der Waals surface area contributed by atoms with Gasteiger partial charge in [0.15, 0.2) is 0 Å². The van der Waals surface area contributed by atoms with Gasteiger partial charge in [-0.25, -0.2) is 4.79 Å². The number of pyridine rings is 1. The van der Waals surface area contributed by atoms with Crippen molar-refractivity contribution in [1.82, 2.24) is 15.6 Å². The van der Waals surface area contributed by atoms with Crippen LogP contribution in [-0.4, -0.2) is 35.2 Å². The number of carbonyl (C=O) groups excluding carboxylic acids is 1. The van der Waals surface area contributed by atoms with Crippen LogP contribution in [0, 0.1) is 6.92 Å². The molecule has 0 aliphatic heterocycles. The third-order valence-corrected chi connectivity index (χ3v) is 2.26. The minimum absolute atomic E-state index is 0.0765. The average Bonchev–Trinajstić information content (AvgIpc) is 2.31. The standard InChI is InChI=1S/C12H17N3O3/c1-9-2-3-10(15-8-9)4-6-13-12(18)14-7-5-11(16)17/h2-3,8H,4-7H2,1H3,(H,16,17)(H2,13,14,18). The number of aromatic nitrogens is 1. The number of nitrogens with zero attached hydrogens (tertiary/aromatic N) is 1. The van der Waals surface area contributed by atoms with Gasteiger partial charge in [-0.2, -0.15) is 0 Å². The zero-order chi connectivity index (χ0) is 13.4. The molecule has 1 rings (SSSR count). The van der Waals surface area contributed by atoms with Gasteiger partial charge in [0, 0.05) is 31.4 Å². The summed E-state index contributed by atoms with van der Waals surface area (Å²) in [6.07, 6.45) is 2.35. The molecule has 18 heavy (non-hydrogen) atoms. The van der Waals surface area contributed by atoms with Crippen LogP contribution in [0.4, 0.5) is 4.79 Å². The number of hydrogen-bond acceptors (Lipinski definition) is 3.